The third-order valence-electron chi connectivity index (χ3n) is 3.68. The minimum atomic E-state index is -3.44. The van der Waals surface area contributed by atoms with Crippen molar-refractivity contribution in [2.45, 2.75) is 37.8 Å². The molecule has 0 spiro atoms. The summed E-state index contributed by atoms with van der Waals surface area (Å²) in [5.41, 5.74) is 0.990. The summed E-state index contributed by atoms with van der Waals surface area (Å²) in [7, 11) is -1.58. The first-order valence-corrected chi connectivity index (χ1v) is 8.96. The third-order valence-corrected chi connectivity index (χ3v) is 5.07. The van der Waals surface area contributed by atoms with Crippen molar-refractivity contribution in [3.8, 4) is 0 Å². The van der Waals surface area contributed by atoms with E-state index in [9.17, 15) is 8.42 Å². The number of sulfonamides is 1. The molecule has 0 amide bonds. The van der Waals surface area contributed by atoms with Crippen molar-refractivity contribution in [2.75, 3.05) is 26.8 Å². The van der Waals surface area contributed by atoms with Crippen LogP contribution in [0.5, 0.6) is 0 Å². The second kappa shape index (κ2) is 7.40. The van der Waals surface area contributed by atoms with Crippen molar-refractivity contribution >= 4 is 10.0 Å². The molecule has 1 aliphatic rings. The lowest BCUT2D eigenvalue weighted by Gasteiger charge is -2.09. The Morgan fingerprint density at radius 2 is 2.29 bits per heavy atom. The number of hydrogen-bond donors (Lipinski definition) is 2. The molecule has 6 nitrogen and oxygen atoms in total. The summed E-state index contributed by atoms with van der Waals surface area (Å²) in [5, 5.41) is 3.07. The Hall–Kier alpha value is -0.890. The molecule has 120 valence electrons. The van der Waals surface area contributed by atoms with Gasteiger partial charge in [0.15, 0.2) is 0 Å². The molecule has 0 aliphatic carbocycles. The summed E-state index contributed by atoms with van der Waals surface area (Å²) in [5.74, 6) is 0.286. The molecule has 21 heavy (non-hydrogen) atoms. The maximum absolute atomic E-state index is 12.4. The Morgan fingerprint density at radius 1 is 1.48 bits per heavy atom. The van der Waals surface area contributed by atoms with Crippen molar-refractivity contribution in [2.24, 2.45) is 5.92 Å². The number of nitrogens with zero attached hydrogens (tertiary/aromatic N) is 1. The van der Waals surface area contributed by atoms with Crippen LogP contribution in [0.15, 0.2) is 17.2 Å². The number of aromatic nitrogens is 1. The summed E-state index contributed by atoms with van der Waals surface area (Å²) in [6.07, 6.45) is 3.62. The van der Waals surface area contributed by atoms with Gasteiger partial charge in [-0.2, -0.15) is 0 Å². The summed E-state index contributed by atoms with van der Waals surface area (Å²) in [4.78, 5) is 0.347. The minimum absolute atomic E-state index is 0.286. The van der Waals surface area contributed by atoms with Gasteiger partial charge in [0.2, 0.25) is 10.0 Å². The number of hydrogen-bond acceptors (Lipinski definition) is 4. The van der Waals surface area contributed by atoms with E-state index in [2.05, 4.69) is 17.0 Å². The first-order chi connectivity index (χ1) is 10.1. The first-order valence-electron chi connectivity index (χ1n) is 7.48. The predicted octanol–water partition coefficient (Wildman–Crippen LogP) is 0.932. The van der Waals surface area contributed by atoms with Crippen LogP contribution in [0.4, 0.5) is 0 Å². The highest BCUT2D eigenvalue weighted by Crippen LogP contribution is 2.17. The highest BCUT2D eigenvalue weighted by atomic mass is 32.2. The van der Waals surface area contributed by atoms with Crippen molar-refractivity contribution in [3.05, 3.63) is 18.0 Å². The smallest absolute Gasteiger partial charge is 0.242 e. The fourth-order valence-corrected chi connectivity index (χ4v) is 3.68. The number of ether oxygens (including phenoxy) is 1. The number of nitrogens with one attached hydrogen (secondary N) is 2. The second-order valence-electron chi connectivity index (χ2n) is 5.47. The highest BCUT2D eigenvalue weighted by Gasteiger charge is 2.22. The highest BCUT2D eigenvalue weighted by molar-refractivity contribution is 7.89. The van der Waals surface area contributed by atoms with Crippen LogP contribution in [-0.2, 0) is 27.8 Å². The van der Waals surface area contributed by atoms with E-state index in [0.717, 1.165) is 31.7 Å². The zero-order valence-corrected chi connectivity index (χ0v) is 13.6. The Balaban J connectivity index is 2.08. The van der Waals surface area contributed by atoms with E-state index in [1.165, 1.54) is 0 Å². The molecule has 2 N–H and O–H groups in total. The van der Waals surface area contributed by atoms with E-state index >= 15 is 0 Å². The summed E-state index contributed by atoms with van der Waals surface area (Å²) >= 11 is 0. The van der Waals surface area contributed by atoms with Gasteiger partial charge in [-0.1, -0.05) is 6.92 Å². The van der Waals surface area contributed by atoms with Gasteiger partial charge in [-0.3, -0.25) is 0 Å². The van der Waals surface area contributed by atoms with Crippen LogP contribution in [0.3, 0.4) is 0 Å². The van der Waals surface area contributed by atoms with Gasteiger partial charge in [-0.05, 0) is 31.9 Å². The van der Waals surface area contributed by atoms with Gasteiger partial charge in [-0.15, -0.1) is 0 Å². The minimum Gasteiger partial charge on any atom is -0.381 e. The van der Waals surface area contributed by atoms with Gasteiger partial charge in [0.25, 0.3) is 0 Å². The van der Waals surface area contributed by atoms with Gasteiger partial charge < -0.3 is 14.6 Å². The summed E-state index contributed by atoms with van der Waals surface area (Å²) < 4.78 is 34.7. The zero-order chi connectivity index (χ0) is 15.3. The maximum atomic E-state index is 12.4. The molecule has 1 aromatic rings. The number of rotatable bonds is 8. The monoisotopic (exact) mass is 315 g/mol. The van der Waals surface area contributed by atoms with Gasteiger partial charge in [0, 0.05) is 38.1 Å². The van der Waals surface area contributed by atoms with Crippen LogP contribution in [0.2, 0.25) is 0 Å². The van der Waals surface area contributed by atoms with E-state index in [-0.39, 0.29) is 5.92 Å². The topological polar surface area (TPSA) is 72.4 Å². The van der Waals surface area contributed by atoms with E-state index in [1.807, 2.05) is 11.6 Å². The van der Waals surface area contributed by atoms with Crippen molar-refractivity contribution in [3.63, 3.8) is 0 Å². The lowest BCUT2D eigenvalue weighted by molar-refractivity contribution is 0.186. The molecule has 0 aromatic carbocycles. The van der Waals surface area contributed by atoms with E-state index in [4.69, 9.17) is 4.74 Å². The lowest BCUT2D eigenvalue weighted by Crippen LogP contribution is -2.29. The van der Waals surface area contributed by atoms with Crippen molar-refractivity contribution in [1.29, 1.82) is 0 Å². The molecule has 1 aliphatic heterocycles. The molecule has 0 bridgehead atoms. The molecule has 7 heteroatoms. The largest absolute Gasteiger partial charge is 0.381 e. The molecule has 1 unspecified atom stereocenters. The standard InChI is InChI=1S/C14H25N3O3S/c1-3-5-17-10-14(7-13(17)9-15-2)21(18,19)16-8-12-4-6-20-11-12/h7,10,12,15-16H,3-6,8-9,11H2,1-2H3. The van der Waals surface area contributed by atoms with E-state index in [1.54, 1.807) is 12.3 Å². The van der Waals surface area contributed by atoms with E-state index in [0.29, 0.717) is 24.6 Å². The van der Waals surface area contributed by atoms with Gasteiger partial charge in [0.1, 0.15) is 0 Å². The SMILES string of the molecule is CCCn1cc(S(=O)(=O)NCC2CCOC2)cc1CNC. The molecular formula is C14H25N3O3S. The van der Waals surface area contributed by atoms with Crippen LogP contribution < -0.4 is 10.0 Å². The summed E-state index contributed by atoms with van der Waals surface area (Å²) in [6.45, 7) is 5.38. The molecule has 2 rings (SSSR count). The van der Waals surface area contributed by atoms with Gasteiger partial charge >= 0.3 is 0 Å². The molecule has 2 heterocycles. The number of aryl methyl sites for hydroxylation is 1. The summed E-state index contributed by atoms with van der Waals surface area (Å²) in [6, 6.07) is 1.75. The lowest BCUT2D eigenvalue weighted by atomic mass is 10.1. The fraction of sp³-hybridized carbons (Fsp3) is 0.714. The molecule has 1 aromatic heterocycles. The Morgan fingerprint density at radius 3 is 2.90 bits per heavy atom. The van der Waals surface area contributed by atoms with Crippen LogP contribution in [-0.4, -0.2) is 39.8 Å². The third kappa shape index (κ3) is 4.29. The molecule has 0 saturated carbocycles. The molecule has 0 radical (unpaired) electrons. The fourth-order valence-electron chi connectivity index (χ4n) is 2.51. The van der Waals surface area contributed by atoms with Crippen LogP contribution in [0.25, 0.3) is 0 Å². The van der Waals surface area contributed by atoms with Crippen LogP contribution in [0, 0.1) is 5.92 Å². The normalized spacial score (nSPS) is 19.2. The van der Waals surface area contributed by atoms with Gasteiger partial charge in [-0.25, -0.2) is 13.1 Å². The second-order valence-corrected chi connectivity index (χ2v) is 7.24. The van der Waals surface area contributed by atoms with Crippen LogP contribution in [0.1, 0.15) is 25.5 Å². The zero-order valence-electron chi connectivity index (χ0n) is 12.8. The van der Waals surface area contributed by atoms with Crippen molar-refractivity contribution in [1.82, 2.24) is 14.6 Å². The Bertz CT molecular complexity index is 524. The predicted molar refractivity (Wildman–Crippen MR) is 81.6 cm³/mol. The maximum Gasteiger partial charge on any atom is 0.242 e. The quantitative estimate of drug-likeness (QED) is 0.749. The van der Waals surface area contributed by atoms with Crippen LogP contribution >= 0.6 is 0 Å². The molecule has 1 saturated heterocycles. The first kappa shape index (κ1) is 16.5. The average Bonchev–Trinajstić information content (AvgIpc) is 3.08. The van der Waals surface area contributed by atoms with Crippen molar-refractivity contribution < 1.29 is 13.2 Å². The molecular weight excluding hydrogens is 290 g/mol. The van der Waals surface area contributed by atoms with E-state index < -0.39 is 10.0 Å². The average molecular weight is 315 g/mol. The van der Waals surface area contributed by atoms with Gasteiger partial charge in [0.05, 0.1) is 11.5 Å². The Labute approximate surface area is 126 Å². The molecule has 1 fully saturated rings. The Kier molecular flexibility index (Phi) is 5.80. The molecule has 1 atom stereocenters.